The number of nitrogens with one attached hydrogen (secondary N) is 2. The predicted octanol–water partition coefficient (Wildman–Crippen LogP) is 2.71. The largest absolute Gasteiger partial charge is 0.497 e. The van der Waals surface area contributed by atoms with Crippen LogP contribution < -0.4 is 15.4 Å². The Kier molecular flexibility index (Phi) is 6.72. The molecule has 0 spiro atoms. The predicted molar refractivity (Wildman–Crippen MR) is 110 cm³/mol. The van der Waals surface area contributed by atoms with Gasteiger partial charge in [-0.1, -0.05) is 23.7 Å². The Labute approximate surface area is 174 Å². The van der Waals surface area contributed by atoms with Crippen molar-refractivity contribution in [3.8, 4) is 5.75 Å². The second-order valence-corrected chi connectivity index (χ2v) is 7.10. The Morgan fingerprint density at radius 1 is 1.07 bits per heavy atom. The van der Waals surface area contributed by atoms with Crippen LogP contribution in [0.5, 0.6) is 5.75 Å². The standard InChI is InChI=1S/C21H22ClN3O4/c1-29-16-10-6-14(7-11-16)24-19(26)12-23-20(27)13-25(15-8-9-15)21(28)17-4-2-3-5-18(17)22/h2-7,10-11,15H,8-9,12-13H2,1H3,(H,23,27)(H,24,26). The van der Waals surface area contributed by atoms with Gasteiger partial charge in [0.05, 0.1) is 24.2 Å². The van der Waals surface area contributed by atoms with Crippen LogP contribution in [-0.2, 0) is 9.59 Å². The van der Waals surface area contributed by atoms with Crippen molar-refractivity contribution in [3.05, 3.63) is 59.1 Å². The Bertz CT molecular complexity index is 897. The summed E-state index contributed by atoms with van der Waals surface area (Å²) >= 11 is 6.11. The maximum absolute atomic E-state index is 12.8. The lowest BCUT2D eigenvalue weighted by atomic mass is 10.2. The first-order chi connectivity index (χ1) is 14.0. The molecular weight excluding hydrogens is 394 g/mol. The molecule has 3 rings (SSSR count). The van der Waals surface area contributed by atoms with Gasteiger partial charge in [-0.2, -0.15) is 0 Å². The van der Waals surface area contributed by atoms with Crippen LogP contribution in [0.2, 0.25) is 5.02 Å². The highest BCUT2D eigenvalue weighted by Crippen LogP contribution is 2.29. The Hall–Kier alpha value is -3.06. The van der Waals surface area contributed by atoms with Crippen LogP contribution in [0.15, 0.2) is 48.5 Å². The minimum Gasteiger partial charge on any atom is -0.497 e. The van der Waals surface area contributed by atoms with Gasteiger partial charge in [0.15, 0.2) is 0 Å². The normalized spacial score (nSPS) is 12.8. The first kappa shape index (κ1) is 20.7. The Morgan fingerprint density at radius 3 is 2.38 bits per heavy atom. The van der Waals surface area contributed by atoms with E-state index in [4.69, 9.17) is 16.3 Å². The van der Waals surface area contributed by atoms with E-state index in [1.165, 1.54) is 4.90 Å². The van der Waals surface area contributed by atoms with E-state index >= 15 is 0 Å². The van der Waals surface area contributed by atoms with Crippen molar-refractivity contribution < 1.29 is 19.1 Å². The highest BCUT2D eigenvalue weighted by atomic mass is 35.5. The van der Waals surface area contributed by atoms with E-state index in [0.717, 1.165) is 12.8 Å². The Balaban J connectivity index is 1.52. The number of nitrogens with zero attached hydrogens (tertiary/aromatic N) is 1. The number of hydrogen-bond acceptors (Lipinski definition) is 4. The average molecular weight is 416 g/mol. The third kappa shape index (κ3) is 5.71. The summed E-state index contributed by atoms with van der Waals surface area (Å²) in [4.78, 5) is 38.7. The Morgan fingerprint density at radius 2 is 1.76 bits per heavy atom. The van der Waals surface area contributed by atoms with Gasteiger partial charge in [0.1, 0.15) is 12.3 Å². The summed E-state index contributed by atoms with van der Waals surface area (Å²) < 4.78 is 5.06. The van der Waals surface area contributed by atoms with Crippen molar-refractivity contribution in [2.45, 2.75) is 18.9 Å². The molecule has 2 aromatic carbocycles. The number of methoxy groups -OCH3 is 1. The molecule has 2 N–H and O–H groups in total. The average Bonchev–Trinajstić information content (AvgIpc) is 3.56. The maximum atomic E-state index is 12.8. The van der Waals surface area contributed by atoms with Crippen molar-refractivity contribution in [1.29, 1.82) is 0 Å². The fraction of sp³-hybridized carbons (Fsp3) is 0.286. The number of carbonyl (C=O) groups is 3. The molecule has 1 fully saturated rings. The minimum absolute atomic E-state index is 0.0256. The van der Waals surface area contributed by atoms with Crippen LogP contribution in [0.3, 0.4) is 0 Å². The molecule has 0 atom stereocenters. The van der Waals surface area contributed by atoms with Gasteiger partial charge in [0.2, 0.25) is 11.8 Å². The number of hydrogen-bond donors (Lipinski definition) is 2. The van der Waals surface area contributed by atoms with E-state index in [0.29, 0.717) is 22.0 Å². The molecule has 0 saturated heterocycles. The van der Waals surface area contributed by atoms with Crippen molar-refractivity contribution in [2.24, 2.45) is 0 Å². The second kappa shape index (κ2) is 9.43. The molecule has 0 bridgehead atoms. The zero-order chi connectivity index (χ0) is 20.8. The number of amides is 3. The second-order valence-electron chi connectivity index (χ2n) is 6.70. The van der Waals surface area contributed by atoms with Crippen LogP contribution in [0, 0.1) is 0 Å². The molecule has 29 heavy (non-hydrogen) atoms. The summed E-state index contributed by atoms with van der Waals surface area (Å²) in [5.41, 5.74) is 0.963. The number of benzene rings is 2. The highest BCUT2D eigenvalue weighted by molar-refractivity contribution is 6.33. The number of rotatable bonds is 8. The van der Waals surface area contributed by atoms with Crippen molar-refractivity contribution >= 4 is 35.0 Å². The van der Waals surface area contributed by atoms with Crippen LogP contribution >= 0.6 is 11.6 Å². The molecule has 7 nitrogen and oxygen atoms in total. The monoisotopic (exact) mass is 415 g/mol. The smallest absolute Gasteiger partial charge is 0.256 e. The van der Waals surface area contributed by atoms with E-state index in [1.807, 2.05) is 0 Å². The topological polar surface area (TPSA) is 87.7 Å². The molecule has 0 unspecified atom stereocenters. The van der Waals surface area contributed by atoms with Gasteiger partial charge in [-0.3, -0.25) is 14.4 Å². The third-order valence-electron chi connectivity index (χ3n) is 4.49. The first-order valence-corrected chi connectivity index (χ1v) is 9.62. The summed E-state index contributed by atoms with van der Waals surface area (Å²) in [6, 6.07) is 13.6. The van der Waals surface area contributed by atoms with Crippen molar-refractivity contribution in [3.63, 3.8) is 0 Å². The van der Waals surface area contributed by atoms with Crippen LogP contribution in [-0.4, -0.2) is 48.9 Å². The van der Waals surface area contributed by atoms with E-state index in [-0.39, 0.29) is 30.9 Å². The lowest BCUT2D eigenvalue weighted by Crippen LogP contribution is -2.44. The van der Waals surface area contributed by atoms with Gasteiger partial charge in [-0.05, 0) is 49.2 Å². The number of carbonyl (C=O) groups excluding carboxylic acids is 3. The highest BCUT2D eigenvalue weighted by Gasteiger charge is 2.34. The summed E-state index contributed by atoms with van der Waals surface area (Å²) in [5, 5.41) is 5.59. The maximum Gasteiger partial charge on any atom is 0.256 e. The number of halogens is 1. The van der Waals surface area contributed by atoms with E-state index in [2.05, 4.69) is 10.6 Å². The van der Waals surface area contributed by atoms with E-state index in [1.54, 1.807) is 55.6 Å². The third-order valence-corrected chi connectivity index (χ3v) is 4.82. The molecule has 1 saturated carbocycles. The first-order valence-electron chi connectivity index (χ1n) is 9.24. The molecule has 152 valence electrons. The number of ether oxygens (including phenoxy) is 1. The fourth-order valence-corrected chi connectivity index (χ4v) is 3.03. The fourth-order valence-electron chi connectivity index (χ4n) is 2.81. The lowest BCUT2D eigenvalue weighted by Gasteiger charge is -2.22. The van der Waals surface area contributed by atoms with Crippen molar-refractivity contribution in [1.82, 2.24) is 10.2 Å². The van der Waals surface area contributed by atoms with E-state index in [9.17, 15) is 14.4 Å². The van der Waals surface area contributed by atoms with Gasteiger partial charge in [-0.15, -0.1) is 0 Å². The van der Waals surface area contributed by atoms with Crippen LogP contribution in [0.25, 0.3) is 0 Å². The SMILES string of the molecule is COc1ccc(NC(=O)CNC(=O)CN(C(=O)c2ccccc2Cl)C2CC2)cc1. The number of anilines is 1. The van der Waals surface area contributed by atoms with Crippen LogP contribution in [0.4, 0.5) is 5.69 Å². The molecule has 0 aliphatic heterocycles. The lowest BCUT2D eigenvalue weighted by molar-refractivity contribution is -0.124. The molecule has 2 aromatic rings. The molecule has 1 aliphatic carbocycles. The van der Waals surface area contributed by atoms with Crippen LogP contribution in [0.1, 0.15) is 23.2 Å². The van der Waals surface area contributed by atoms with Crippen molar-refractivity contribution in [2.75, 3.05) is 25.5 Å². The molecular formula is C21H22ClN3O4. The molecule has 8 heteroatoms. The molecule has 1 aliphatic rings. The molecule has 3 amide bonds. The zero-order valence-electron chi connectivity index (χ0n) is 16.0. The molecule has 0 radical (unpaired) electrons. The minimum atomic E-state index is -0.401. The quantitative estimate of drug-likeness (QED) is 0.694. The summed E-state index contributed by atoms with van der Waals surface area (Å²) in [6.45, 7) is -0.311. The van der Waals surface area contributed by atoms with Gasteiger partial charge in [0, 0.05) is 11.7 Å². The summed E-state index contributed by atoms with van der Waals surface area (Å²) in [7, 11) is 1.56. The van der Waals surface area contributed by atoms with Gasteiger partial charge >= 0.3 is 0 Å². The molecule has 0 aromatic heterocycles. The van der Waals surface area contributed by atoms with Gasteiger partial charge < -0.3 is 20.3 Å². The van der Waals surface area contributed by atoms with Gasteiger partial charge in [0.25, 0.3) is 5.91 Å². The molecule has 0 heterocycles. The zero-order valence-corrected chi connectivity index (χ0v) is 16.7. The summed E-state index contributed by atoms with van der Waals surface area (Å²) in [6.07, 6.45) is 1.70. The van der Waals surface area contributed by atoms with Gasteiger partial charge in [-0.25, -0.2) is 0 Å². The summed E-state index contributed by atoms with van der Waals surface area (Å²) in [5.74, 6) is -0.364. The van der Waals surface area contributed by atoms with E-state index < -0.39 is 5.91 Å².